The maximum Gasteiger partial charge on any atom is 0.213 e. The number of nitrogens with zero attached hydrogens (tertiary/aromatic N) is 3. The van der Waals surface area contributed by atoms with E-state index in [4.69, 9.17) is 4.74 Å². The van der Waals surface area contributed by atoms with Crippen LogP contribution in [0.2, 0.25) is 0 Å². The number of pyridine rings is 1. The normalized spacial score (nSPS) is 27.2. The topological polar surface area (TPSA) is 80.2 Å². The fourth-order valence-corrected chi connectivity index (χ4v) is 4.71. The van der Waals surface area contributed by atoms with Crippen LogP contribution in [0, 0.1) is 0 Å². The van der Waals surface area contributed by atoms with Gasteiger partial charge in [-0.1, -0.05) is 18.2 Å². The molecule has 6 nitrogen and oxygen atoms in total. The lowest BCUT2D eigenvalue weighted by atomic mass is 9.81. The van der Waals surface area contributed by atoms with Crippen molar-refractivity contribution < 1.29 is 14.2 Å². The number of alkyl halides is 1. The SMILES string of the molecule is COc1cc(-c2ccc(-c3ccc(/C=C4\C[C@@]5(C)C=C[C@](C)(N5)[C@@H]4F)nn3)c(O)c2)ccn1. The van der Waals surface area contributed by atoms with Crippen molar-refractivity contribution in [3.63, 3.8) is 0 Å². The molecule has 1 aromatic carbocycles. The number of phenols is 1. The maximum absolute atomic E-state index is 15.1. The van der Waals surface area contributed by atoms with Crippen LogP contribution in [-0.4, -0.2) is 44.6 Å². The summed E-state index contributed by atoms with van der Waals surface area (Å²) in [6, 6.07) is 12.6. The first-order valence-electron chi connectivity index (χ1n) is 10.8. The summed E-state index contributed by atoms with van der Waals surface area (Å²) in [5.41, 5.74) is 3.16. The third-order valence-electron chi connectivity index (χ3n) is 6.35. The molecule has 1 saturated heterocycles. The van der Waals surface area contributed by atoms with Crippen LogP contribution in [0.1, 0.15) is 26.0 Å². The highest BCUT2D eigenvalue weighted by molar-refractivity contribution is 5.74. The Kier molecular flexibility index (Phi) is 5.01. The zero-order valence-corrected chi connectivity index (χ0v) is 18.7. The molecule has 1 fully saturated rings. The average Bonchev–Trinajstić information content (AvgIpc) is 3.09. The average molecular weight is 445 g/mol. The Morgan fingerprint density at radius 2 is 1.91 bits per heavy atom. The van der Waals surface area contributed by atoms with Crippen molar-refractivity contribution in [2.75, 3.05) is 7.11 Å². The monoisotopic (exact) mass is 444 g/mol. The van der Waals surface area contributed by atoms with Crippen molar-refractivity contribution in [3.05, 3.63) is 72.1 Å². The number of methoxy groups -OCH3 is 1. The predicted octanol–water partition coefficient (Wildman–Crippen LogP) is 4.72. The Hall–Kier alpha value is -3.58. The number of benzene rings is 1. The van der Waals surface area contributed by atoms with Gasteiger partial charge in [0.1, 0.15) is 11.9 Å². The van der Waals surface area contributed by atoms with E-state index in [9.17, 15) is 5.11 Å². The Labute approximate surface area is 191 Å². The number of phenolic OH excluding ortho intramolecular Hbond substituents is 1. The molecule has 7 heteroatoms. The molecular formula is C26H25FN4O2. The molecule has 3 aromatic rings. The molecule has 4 heterocycles. The van der Waals surface area contributed by atoms with E-state index in [1.54, 1.807) is 49.7 Å². The third kappa shape index (κ3) is 3.89. The molecule has 0 amide bonds. The molecule has 2 bridgehead atoms. The second-order valence-corrected chi connectivity index (χ2v) is 9.08. The lowest BCUT2D eigenvalue weighted by molar-refractivity contribution is 0.178. The molecule has 0 saturated carbocycles. The van der Waals surface area contributed by atoms with E-state index in [0.29, 0.717) is 34.8 Å². The van der Waals surface area contributed by atoms with Gasteiger partial charge in [-0.15, -0.1) is 5.10 Å². The first-order chi connectivity index (χ1) is 15.8. The molecule has 0 aliphatic carbocycles. The van der Waals surface area contributed by atoms with Crippen molar-refractivity contribution in [3.8, 4) is 34.0 Å². The van der Waals surface area contributed by atoms with Gasteiger partial charge in [0.15, 0.2) is 0 Å². The van der Waals surface area contributed by atoms with Gasteiger partial charge in [-0.05, 0) is 73.4 Å². The number of fused-ring (bicyclic) bond motifs is 2. The van der Waals surface area contributed by atoms with Crippen LogP contribution in [0.4, 0.5) is 4.39 Å². The largest absolute Gasteiger partial charge is 0.507 e. The van der Waals surface area contributed by atoms with Crippen LogP contribution in [-0.2, 0) is 0 Å². The number of aromatic hydroxyl groups is 1. The number of aromatic nitrogens is 3. The lowest BCUT2D eigenvalue weighted by Gasteiger charge is -2.41. The number of nitrogens with one attached hydrogen (secondary N) is 1. The minimum Gasteiger partial charge on any atom is -0.507 e. The molecule has 33 heavy (non-hydrogen) atoms. The van der Waals surface area contributed by atoms with Crippen molar-refractivity contribution in [2.45, 2.75) is 37.5 Å². The van der Waals surface area contributed by atoms with Gasteiger partial charge >= 0.3 is 0 Å². The van der Waals surface area contributed by atoms with Crippen molar-refractivity contribution in [1.82, 2.24) is 20.5 Å². The summed E-state index contributed by atoms with van der Waals surface area (Å²) in [4.78, 5) is 4.11. The highest BCUT2D eigenvalue weighted by atomic mass is 19.1. The van der Waals surface area contributed by atoms with Crippen LogP contribution in [0.3, 0.4) is 0 Å². The van der Waals surface area contributed by atoms with Crippen LogP contribution >= 0.6 is 0 Å². The van der Waals surface area contributed by atoms with Gasteiger partial charge in [-0.25, -0.2) is 9.37 Å². The van der Waals surface area contributed by atoms with Crippen LogP contribution in [0.25, 0.3) is 28.5 Å². The molecule has 0 radical (unpaired) electrons. The molecule has 5 rings (SSSR count). The lowest BCUT2D eigenvalue weighted by Crippen LogP contribution is -2.58. The quantitative estimate of drug-likeness (QED) is 0.567. The Morgan fingerprint density at radius 1 is 1.09 bits per heavy atom. The Balaban J connectivity index is 1.39. The molecule has 2 aromatic heterocycles. The highest BCUT2D eigenvalue weighted by Crippen LogP contribution is 2.42. The van der Waals surface area contributed by atoms with Crippen molar-refractivity contribution in [1.29, 1.82) is 0 Å². The summed E-state index contributed by atoms with van der Waals surface area (Å²) in [6.45, 7) is 3.94. The number of rotatable bonds is 4. The summed E-state index contributed by atoms with van der Waals surface area (Å²) in [6.07, 6.45) is 6.85. The van der Waals surface area contributed by atoms with Gasteiger partial charge in [0.05, 0.1) is 24.0 Å². The van der Waals surface area contributed by atoms with E-state index < -0.39 is 11.7 Å². The van der Waals surface area contributed by atoms with E-state index in [0.717, 1.165) is 11.1 Å². The molecule has 2 aliphatic rings. The summed E-state index contributed by atoms with van der Waals surface area (Å²) in [7, 11) is 1.56. The third-order valence-corrected chi connectivity index (χ3v) is 6.35. The zero-order valence-electron chi connectivity index (χ0n) is 18.7. The smallest absolute Gasteiger partial charge is 0.213 e. The van der Waals surface area contributed by atoms with Gasteiger partial charge in [-0.3, -0.25) is 5.32 Å². The minimum absolute atomic E-state index is 0.0920. The van der Waals surface area contributed by atoms with E-state index in [2.05, 4.69) is 27.4 Å². The first-order valence-corrected chi connectivity index (χ1v) is 10.8. The van der Waals surface area contributed by atoms with E-state index >= 15 is 4.39 Å². The summed E-state index contributed by atoms with van der Waals surface area (Å²) < 4.78 is 20.3. The zero-order chi connectivity index (χ0) is 23.2. The molecule has 3 atom stereocenters. The molecule has 2 aliphatic heterocycles. The maximum atomic E-state index is 15.1. The summed E-state index contributed by atoms with van der Waals surface area (Å²) in [5.74, 6) is 0.594. The fourth-order valence-electron chi connectivity index (χ4n) is 4.71. The van der Waals surface area contributed by atoms with E-state index in [1.807, 2.05) is 31.2 Å². The van der Waals surface area contributed by atoms with Crippen molar-refractivity contribution in [2.24, 2.45) is 0 Å². The van der Waals surface area contributed by atoms with E-state index in [1.165, 1.54) is 0 Å². The Morgan fingerprint density at radius 3 is 2.64 bits per heavy atom. The molecular weight excluding hydrogens is 419 g/mol. The molecule has 2 N–H and O–H groups in total. The van der Waals surface area contributed by atoms with Crippen LogP contribution < -0.4 is 10.1 Å². The Bertz CT molecular complexity index is 1270. The van der Waals surface area contributed by atoms with Gasteiger partial charge in [0, 0.05) is 23.4 Å². The second-order valence-electron chi connectivity index (χ2n) is 9.08. The second kappa shape index (κ2) is 7.78. The molecule has 168 valence electrons. The van der Waals surface area contributed by atoms with Gasteiger partial charge in [-0.2, -0.15) is 5.10 Å². The minimum atomic E-state index is -1.13. The number of hydrogen-bond donors (Lipinski definition) is 2. The number of piperidine rings is 1. The first kappa shape index (κ1) is 21.3. The summed E-state index contributed by atoms with van der Waals surface area (Å²) >= 11 is 0. The standard InChI is InChI=1S/C26H25FN4O2/c1-25-9-10-26(2,31-25)24(27)18(15-25)12-19-5-7-21(30-29-19)20-6-4-16(13-22(20)32)17-8-11-28-23(14-17)33-3/h4-14,24,31-32H,15H2,1-3H3/b18-12+/t24-,25-,26+/m1/s1. The fraction of sp³-hybridized carbons (Fsp3) is 0.269. The van der Waals surface area contributed by atoms with Crippen LogP contribution in [0.5, 0.6) is 11.6 Å². The number of halogens is 1. The number of hydrogen-bond acceptors (Lipinski definition) is 6. The predicted molar refractivity (Wildman–Crippen MR) is 125 cm³/mol. The highest BCUT2D eigenvalue weighted by Gasteiger charge is 2.49. The van der Waals surface area contributed by atoms with Crippen LogP contribution in [0.15, 0.2) is 66.4 Å². The number of ether oxygens (including phenoxy) is 1. The van der Waals surface area contributed by atoms with Gasteiger partial charge in [0.25, 0.3) is 0 Å². The molecule has 0 unspecified atom stereocenters. The van der Waals surface area contributed by atoms with E-state index in [-0.39, 0.29) is 11.3 Å². The molecule has 0 spiro atoms. The van der Waals surface area contributed by atoms with Gasteiger partial charge in [0.2, 0.25) is 5.88 Å². The summed E-state index contributed by atoms with van der Waals surface area (Å²) in [5, 5.41) is 22.6. The van der Waals surface area contributed by atoms with Crippen molar-refractivity contribution >= 4 is 6.08 Å². The van der Waals surface area contributed by atoms with Gasteiger partial charge < -0.3 is 9.84 Å².